The van der Waals surface area contributed by atoms with E-state index in [2.05, 4.69) is 22.3 Å². The van der Waals surface area contributed by atoms with Crippen LogP contribution in [0.2, 0.25) is 0 Å². The number of nitrogens with zero attached hydrogens (tertiary/aromatic N) is 2. The van der Waals surface area contributed by atoms with E-state index >= 15 is 0 Å². The highest BCUT2D eigenvalue weighted by Gasteiger charge is 2.27. The number of piperidine rings is 1. The van der Waals surface area contributed by atoms with Crippen LogP contribution in [0.25, 0.3) is 0 Å². The first kappa shape index (κ1) is 18.5. The van der Waals surface area contributed by atoms with Crippen LogP contribution in [0, 0.1) is 0 Å². The van der Waals surface area contributed by atoms with E-state index in [0.717, 1.165) is 40.7 Å². The van der Waals surface area contributed by atoms with Crippen LogP contribution in [0.4, 0.5) is 11.4 Å². The number of carbonyl (C=O) groups excluding carboxylic acids is 1. The fraction of sp³-hybridized carbons (Fsp3) is 0.409. The van der Waals surface area contributed by atoms with E-state index in [1.54, 1.807) is 11.8 Å². The minimum Gasteiger partial charge on any atom is -0.308 e. The largest absolute Gasteiger partial charge is 0.308 e. The lowest BCUT2D eigenvalue weighted by molar-refractivity contribution is -0.117. The summed E-state index contributed by atoms with van der Waals surface area (Å²) in [5.41, 5.74) is 1.97. The molecule has 0 aromatic heterocycles. The number of hydrogen-bond donors (Lipinski definition) is 1. The summed E-state index contributed by atoms with van der Waals surface area (Å²) in [7, 11) is 0. The van der Waals surface area contributed by atoms with E-state index in [9.17, 15) is 4.79 Å². The normalized spacial score (nSPS) is 16.7. The molecule has 142 valence electrons. The number of rotatable bonds is 6. The van der Waals surface area contributed by atoms with Gasteiger partial charge < -0.3 is 10.2 Å². The van der Waals surface area contributed by atoms with Crippen LogP contribution in [0.3, 0.4) is 0 Å². The van der Waals surface area contributed by atoms with Crippen LogP contribution in [-0.2, 0) is 4.79 Å². The summed E-state index contributed by atoms with van der Waals surface area (Å²) >= 11 is 1.73. The number of likely N-dealkylation sites (tertiary alicyclic amines) is 1. The van der Waals surface area contributed by atoms with Gasteiger partial charge in [0.2, 0.25) is 5.91 Å². The summed E-state index contributed by atoms with van der Waals surface area (Å²) in [4.78, 5) is 19.7. The van der Waals surface area contributed by atoms with E-state index in [4.69, 9.17) is 0 Å². The summed E-state index contributed by atoms with van der Waals surface area (Å²) in [5.74, 6) is 0.105. The van der Waals surface area contributed by atoms with Gasteiger partial charge in [-0.25, -0.2) is 0 Å². The Balaban J connectivity index is 1.36. The molecule has 5 heteroatoms. The molecule has 0 radical (unpaired) electrons. The van der Waals surface area contributed by atoms with Gasteiger partial charge in [-0.1, -0.05) is 42.4 Å². The third kappa shape index (κ3) is 4.37. The monoisotopic (exact) mass is 381 g/mol. The first-order valence-electron chi connectivity index (χ1n) is 9.95. The fourth-order valence-electron chi connectivity index (χ4n) is 3.86. The maximum absolute atomic E-state index is 13.0. The third-order valence-corrected chi connectivity index (χ3v) is 6.36. The molecule has 0 atom stereocenters. The zero-order chi connectivity index (χ0) is 18.5. The number of benzene rings is 2. The number of amides is 1. The Kier molecular flexibility index (Phi) is 6.12. The molecule has 2 aliphatic rings. The summed E-state index contributed by atoms with van der Waals surface area (Å²) in [6, 6.07) is 16.3. The quantitative estimate of drug-likeness (QED) is 0.758. The van der Waals surface area contributed by atoms with Gasteiger partial charge in [-0.05, 0) is 69.7 Å². The summed E-state index contributed by atoms with van der Waals surface area (Å²) in [6.07, 6.45) is 5.13. The van der Waals surface area contributed by atoms with E-state index in [0.29, 0.717) is 6.54 Å². The van der Waals surface area contributed by atoms with Crippen molar-refractivity contribution in [3.8, 4) is 0 Å². The smallest absolute Gasteiger partial charge is 0.245 e. The molecule has 1 saturated heterocycles. The van der Waals surface area contributed by atoms with Gasteiger partial charge in [0.05, 0.1) is 17.9 Å². The molecule has 0 bridgehead atoms. The van der Waals surface area contributed by atoms with Gasteiger partial charge in [0, 0.05) is 9.79 Å². The van der Waals surface area contributed by atoms with Gasteiger partial charge >= 0.3 is 0 Å². The van der Waals surface area contributed by atoms with E-state index in [1.807, 2.05) is 41.3 Å². The molecule has 2 heterocycles. The Bertz CT molecular complexity index is 743. The minimum absolute atomic E-state index is 0.105. The molecule has 4 rings (SSSR count). The Labute approximate surface area is 165 Å². The molecule has 1 amide bonds. The number of fused-ring (bicyclic) bond motifs is 2. The van der Waals surface area contributed by atoms with Crippen molar-refractivity contribution in [3.63, 3.8) is 0 Å². The van der Waals surface area contributed by atoms with E-state index < -0.39 is 0 Å². The Morgan fingerprint density at radius 1 is 0.926 bits per heavy atom. The second-order valence-corrected chi connectivity index (χ2v) is 8.28. The van der Waals surface area contributed by atoms with Crippen molar-refractivity contribution < 1.29 is 4.79 Å². The number of anilines is 2. The molecule has 2 aromatic carbocycles. The van der Waals surface area contributed by atoms with Gasteiger partial charge in [-0.15, -0.1) is 0 Å². The highest BCUT2D eigenvalue weighted by Crippen LogP contribution is 2.47. The molecule has 27 heavy (non-hydrogen) atoms. The zero-order valence-corrected chi connectivity index (χ0v) is 16.5. The first-order valence-corrected chi connectivity index (χ1v) is 10.8. The molecular weight excluding hydrogens is 354 g/mol. The molecular formula is C22H27N3OS. The van der Waals surface area contributed by atoms with Crippen molar-refractivity contribution in [2.45, 2.75) is 35.5 Å². The van der Waals surface area contributed by atoms with Gasteiger partial charge in [0.25, 0.3) is 0 Å². The summed E-state index contributed by atoms with van der Waals surface area (Å²) < 4.78 is 0. The van der Waals surface area contributed by atoms with Crippen molar-refractivity contribution >= 4 is 29.0 Å². The van der Waals surface area contributed by atoms with E-state index in [-0.39, 0.29) is 5.91 Å². The minimum atomic E-state index is 0.105. The maximum Gasteiger partial charge on any atom is 0.245 e. The second-order valence-electron chi connectivity index (χ2n) is 7.20. The molecule has 2 aromatic rings. The Hall–Kier alpha value is -1.82. The molecule has 0 unspecified atom stereocenters. The SMILES string of the molecule is O=C(CNCCCN1CCCCC1)N1c2ccccc2Sc2ccccc21. The zero-order valence-electron chi connectivity index (χ0n) is 15.7. The molecule has 4 nitrogen and oxygen atoms in total. The first-order chi connectivity index (χ1) is 13.3. The van der Waals surface area contributed by atoms with Crippen LogP contribution in [0.15, 0.2) is 58.3 Å². The summed E-state index contributed by atoms with van der Waals surface area (Å²) in [6.45, 7) is 4.85. The molecule has 1 N–H and O–H groups in total. The van der Waals surface area contributed by atoms with Gasteiger partial charge in [0.15, 0.2) is 0 Å². The molecule has 2 aliphatic heterocycles. The lowest BCUT2D eigenvalue weighted by Gasteiger charge is -2.31. The lowest BCUT2D eigenvalue weighted by atomic mass is 10.1. The molecule has 0 saturated carbocycles. The lowest BCUT2D eigenvalue weighted by Crippen LogP contribution is -2.38. The van der Waals surface area contributed by atoms with Crippen LogP contribution < -0.4 is 10.2 Å². The predicted molar refractivity (Wildman–Crippen MR) is 112 cm³/mol. The average molecular weight is 382 g/mol. The van der Waals surface area contributed by atoms with Gasteiger partial charge in [-0.3, -0.25) is 9.69 Å². The number of nitrogens with one attached hydrogen (secondary N) is 1. The van der Waals surface area contributed by atoms with Crippen LogP contribution >= 0.6 is 11.8 Å². The number of para-hydroxylation sites is 2. The standard InChI is InChI=1S/C22H27N3OS/c26-22(17-23-13-8-16-24-14-6-1-7-15-24)25-18-9-2-4-11-20(18)27-21-12-5-3-10-19(21)25/h2-5,9-12,23H,1,6-8,13-17H2. The topological polar surface area (TPSA) is 35.6 Å². The van der Waals surface area contributed by atoms with E-state index in [1.165, 1.54) is 32.4 Å². The van der Waals surface area contributed by atoms with Crippen molar-refractivity contribution in [2.24, 2.45) is 0 Å². The molecule has 1 fully saturated rings. The highest BCUT2D eigenvalue weighted by atomic mass is 32.2. The third-order valence-electron chi connectivity index (χ3n) is 5.23. The van der Waals surface area contributed by atoms with Crippen molar-refractivity contribution in [1.29, 1.82) is 0 Å². The maximum atomic E-state index is 13.0. The molecule has 0 spiro atoms. The van der Waals surface area contributed by atoms with Crippen molar-refractivity contribution in [1.82, 2.24) is 10.2 Å². The number of carbonyl (C=O) groups is 1. The predicted octanol–water partition coefficient (Wildman–Crippen LogP) is 4.28. The number of hydrogen-bond acceptors (Lipinski definition) is 4. The van der Waals surface area contributed by atoms with Crippen LogP contribution in [0.1, 0.15) is 25.7 Å². The Morgan fingerprint density at radius 2 is 1.56 bits per heavy atom. The average Bonchev–Trinajstić information content (AvgIpc) is 2.72. The molecule has 0 aliphatic carbocycles. The van der Waals surface area contributed by atoms with Gasteiger partial charge in [-0.2, -0.15) is 0 Å². The Morgan fingerprint density at radius 3 is 2.22 bits per heavy atom. The van der Waals surface area contributed by atoms with Crippen LogP contribution in [-0.4, -0.2) is 43.5 Å². The summed E-state index contributed by atoms with van der Waals surface area (Å²) in [5, 5.41) is 3.36. The fourth-order valence-corrected chi connectivity index (χ4v) is 4.92. The van der Waals surface area contributed by atoms with Crippen LogP contribution in [0.5, 0.6) is 0 Å². The van der Waals surface area contributed by atoms with Gasteiger partial charge in [0.1, 0.15) is 0 Å². The van der Waals surface area contributed by atoms with Crippen molar-refractivity contribution in [3.05, 3.63) is 48.5 Å². The van der Waals surface area contributed by atoms with Crippen molar-refractivity contribution in [2.75, 3.05) is 37.6 Å². The highest BCUT2D eigenvalue weighted by molar-refractivity contribution is 7.99. The second kappa shape index (κ2) is 8.91.